The third-order valence-electron chi connectivity index (χ3n) is 7.82. The monoisotopic (exact) mass is 698 g/mol. The number of thioether (sulfide) groups is 1. The topological polar surface area (TPSA) is 129 Å². The van der Waals surface area contributed by atoms with E-state index in [2.05, 4.69) is 15.5 Å². The number of thiophene rings is 1. The smallest absolute Gasteiger partial charge is 0.253 e. The molecule has 12 nitrogen and oxygen atoms in total. The number of hydrogen-bond acceptors (Lipinski definition) is 11. The van der Waals surface area contributed by atoms with E-state index in [0.717, 1.165) is 21.8 Å². The summed E-state index contributed by atoms with van der Waals surface area (Å²) >= 11 is 2.82. The molecule has 0 unspecified atom stereocenters. The van der Waals surface area contributed by atoms with Gasteiger partial charge in [0.2, 0.25) is 0 Å². The van der Waals surface area contributed by atoms with Crippen molar-refractivity contribution in [1.29, 1.82) is 0 Å². The molecule has 49 heavy (non-hydrogen) atoms. The fourth-order valence-corrected chi connectivity index (χ4v) is 7.03. The van der Waals surface area contributed by atoms with Gasteiger partial charge < -0.3 is 24.3 Å². The molecule has 1 aliphatic rings. The van der Waals surface area contributed by atoms with Crippen LogP contribution >= 0.6 is 23.1 Å². The van der Waals surface area contributed by atoms with Crippen LogP contribution in [0.25, 0.3) is 5.69 Å². The molecule has 1 aliphatic heterocycles. The lowest BCUT2D eigenvalue weighted by atomic mass is 9.99. The standard InChI is InChI=1S/C35H34N6O6S2/c1-44-24-16-22(17-25(18-24)45-2)34(43)36-20-31-37-38-35(40(31)23-10-6-5-7-11-23)49-21-32(42)41-28(19-27(39-41)30-14-9-15-48-30)26-12-8-13-29(46-3)33(26)47-4/h5-18,28H,19-21H2,1-4H3,(H,36,43)/t28-/m1/s1. The molecule has 2 aromatic heterocycles. The van der Waals surface area contributed by atoms with Gasteiger partial charge in [-0.3, -0.25) is 14.2 Å². The van der Waals surface area contributed by atoms with E-state index in [1.165, 1.54) is 31.0 Å². The van der Waals surface area contributed by atoms with Gasteiger partial charge >= 0.3 is 0 Å². The number of ether oxygens (including phenoxy) is 4. The number of aromatic nitrogens is 3. The number of amides is 2. The van der Waals surface area contributed by atoms with Gasteiger partial charge in [-0.15, -0.1) is 21.5 Å². The molecule has 14 heteroatoms. The van der Waals surface area contributed by atoms with Crippen LogP contribution in [-0.2, 0) is 11.3 Å². The predicted molar refractivity (Wildman–Crippen MR) is 187 cm³/mol. The third-order valence-corrected chi connectivity index (χ3v) is 9.66. The van der Waals surface area contributed by atoms with Crippen LogP contribution in [-0.4, -0.2) is 71.5 Å². The summed E-state index contributed by atoms with van der Waals surface area (Å²) in [6.07, 6.45) is 0.518. The highest BCUT2D eigenvalue weighted by atomic mass is 32.2. The lowest BCUT2D eigenvalue weighted by Crippen LogP contribution is -2.29. The molecule has 0 fully saturated rings. The first-order valence-corrected chi connectivity index (χ1v) is 17.1. The minimum absolute atomic E-state index is 0.0327. The van der Waals surface area contributed by atoms with E-state index in [9.17, 15) is 9.59 Å². The molecule has 0 saturated heterocycles. The largest absolute Gasteiger partial charge is 0.497 e. The summed E-state index contributed by atoms with van der Waals surface area (Å²) in [4.78, 5) is 28.1. The molecule has 0 spiro atoms. The quantitative estimate of drug-likeness (QED) is 0.153. The summed E-state index contributed by atoms with van der Waals surface area (Å²) in [6.45, 7) is 0.0764. The maximum absolute atomic E-state index is 14.0. The molecule has 0 radical (unpaired) electrons. The Morgan fingerprint density at radius 3 is 2.35 bits per heavy atom. The van der Waals surface area contributed by atoms with E-state index in [-0.39, 0.29) is 24.1 Å². The van der Waals surface area contributed by atoms with Crippen LogP contribution in [0.3, 0.4) is 0 Å². The van der Waals surface area contributed by atoms with Crippen molar-refractivity contribution < 1.29 is 28.5 Å². The van der Waals surface area contributed by atoms with Crippen LogP contribution in [0.15, 0.2) is 94.5 Å². The molecule has 3 aromatic carbocycles. The van der Waals surface area contributed by atoms with Crippen molar-refractivity contribution in [2.24, 2.45) is 5.10 Å². The van der Waals surface area contributed by atoms with Crippen molar-refractivity contribution >= 4 is 40.6 Å². The molecule has 252 valence electrons. The van der Waals surface area contributed by atoms with Crippen molar-refractivity contribution in [2.45, 2.75) is 24.2 Å². The van der Waals surface area contributed by atoms with Crippen LogP contribution in [0.4, 0.5) is 0 Å². The lowest BCUT2D eigenvalue weighted by molar-refractivity contribution is -0.130. The van der Waals surface area contributed by atoms with Gasteiger partial charge in [-0.2, -0.15) is 5.10 Å². The van der Waals surface area contributed by atoms with Crippen LogP contribution in [0.1, 0.15) is 39.1 Å². The summed E-state index contributed by atoms with van der Waals surface area (Å²) in [5.74, 6) is 2.10. The Labute approximate surface area is 291 Å². The van der Waals surface area contributed by atoms with Gasteiger partial charge in [0.15, 0.2) is 22.5 Å². The predicted octanol–water partition coefficient (Wildman–Crippen LogP) is 5.76. The number of carbonyl (C=O) groups excluding carboxylic acids is 2. The van der Waals surface area contributed by atoms with E-state index < -0.39 is 6.04 Å². The second-order valence-electron chi connectivity index (χ2n) is 10.7. The first-order valence-electron chi connectivity index (χ1n) is 15.2. The Morgan fingerprint density at radius 1 is 0.898 bits per heavy atom. The molecule has 3 heterocycles. The Balaban J connectivity index is 1.25. The number of benzene rings is 3. The van der Waals surface area contributed by atoms with E-state index in [1.54, 1.807) is 43.8 Å². The average molecular weight is 699 g/mol. The van der Waals surface area contributed by atoms with E-state index in [4.69, 9.17) is 24.0 Å². The van der Waals surface area contributed by atoms with Crippen molar-refractivity contribution in [1.82, 2.24) is 25.1 Å². The van der Waals surface area contributed by atoms with Gasteiger partial charge in [-0.1, -0.05) is 48.2 Å². The van der Waals surface area contributed by atoms with Crippen molar-refractivity contribution in [2.75, 3.05) is 34.2 Å². The second-order valence-corrected chi connectivity index (χ2v) is 12.6. The van der Waals surface area contributed by atoms with Crippen LogP contribution < -0.4 is 24.3 Å². The van der Waals surface area contributed by atoms with Crippen LogP contribution in [0.2, 0.25) is 0 Å². The first-order chi connectivity index (χ1) is 23.9. The van der Waals surface area contributed by atoms with Crippen molar-refractivity contribution in [3.8, 4) is 28.7 Å². The normalized spacial score (nSPS) is 13.9. The number of hydrazone groups is 1. The SMILES string of the molecule is COc1cc(OC)cc(C(=O)NCc2nnc(SCC(=O)N3N=C(c4cccs4)C[C@@H]3c3cccc(OC)c3OC)n2-c2ccccc2)c1. The molecule has 0 bridgehead atoms. The summed E-state index contributed by atoms with van der Waals surface area (Å²) < 4.78 is 23.7. The summed E-state index contributed by atoms with van der Waals surface area (Å²) in [6, 6.07) is 23.7. The van der Waals surface area contributed by atoms with Crippen molar-refractivity contribution in [3.63, 3.8) is 0 Å². The number of hydrogen-bond donors (Lipinski definition) is 1. The minimum Gasteiger partial charge on any atom is -0.497 e. The van der Waals surface area contributed by atoms with Gasteiger partial charge in [-0.25, -0.2) is 5.01 Å². The molecular formula is C35H34N6O6S2. The fourth-order valence-electron chi connectivity index (χ4n) is 5.49. The van der Waals surface area contributed by atoms with Gasteiger partial charge in [0.05, 0.1) is 57.4 Å². The first kappa shape index (κ1) is 33.6. The number of para-hydroxylation sites is 2. The highest BCUT2D eigenvalue weighted by Gasteiger charge is 2.36. The van der Waals surface area contributed by atoms with Crippen LogP contribution in [0, 0.1) is 0 Å². The number of methoxy groups -OCH3 is 4. The highest BCUT2D eigenvalue weighted by molar-refractivity contribution is 7.99. The van der Waals surface area contributed by atoms with Crippen LogP contribution in [0.5, 0.6) is 23.0 Å². The maximum atomic E-state index is 14.0. The number of rotatable bonds is 13. The van der Waals surface area contributed by atoms with Gasteiger partial charge in [-0.05, 0) is 41.8 Å². The van der Waals surface area contributed by atoms with Crippen molar-refractivity contribution in [3.05, 3.63) is 106 Å². The van der Waals surface area contributed by atoms with Gasteiger partial charge in [0.1, 0.15) is 11.5 Å². The average Bonchev–Trinajstić information content (AvgIpc) is 3.93. The highest BCUT2D eigenvalue weighted by Crippen LogP contribution is 2.42. The zero-order chi connectivity index (χ0) is 34.3. The van der Waals surface area contributed by atoms with Gasteiger partial charge in [0, 0.05) is 29.3 Å². The Kier molecular flexibility index (Phi) is 10.4. The fraction of sp³-hybridized carbons (Fsp3) is 0.229. The molecule has 5 aromatic rings. The summed E-state index contributed by atoms with van der Waals surface area (Å²) in [5.41, 5.74) is 2.78. The second kappa shape index (κ2) is 15.3. The zero-order valence-electron chi connectivity index (χ0n) is 27.3. The Bertz CT molecular complexity index is 1940. The van der Waals surface area contributed by atoms with E-state index in [0.29, 0.717) is 46.0 Å². The number of carbonyl (C=O) groups is 2. The number of nitrogens with one attached hydrogen (secondary N) is 1. The molecule has 2 amide bonds. The molecule has 1 atom stereocenters. The zero-order valence-corrected chi connectivity index (χ0v) is 28.9. The summed E-state index contributed by atoms with van der Waals surface area (Å²) in [5, 5.41) is 20.6. The molecule has 0 saturated carbocycles. The molecule has 6 rings (SSSR count). The van der Waals surface area contributed by atoms with Gasteiger partial charge in [0.25, 0.3) is 11.8 Å². The third kappa shape index (κ3) is 7.25. The van der Waals surface area contributed by atoms with E-state index in [1.807, 2.05) is 70.6 Å². The molecular weight excluding hydrogens is 665 g/mol. The Hall–Kier alpha value is -5.34. The number of nitrogens with zero attached hydrogens (tertiary/aromatic N) is 5. The van der Waals surface area contributed by atoms with E-state index >= 15 is 0 Å². The maximum Gasteiger partial charge on any atom is 0.253 e. The molecule has 0 aliphatic carbocycles. The lowest BCUT2D eigenvalue weighted by Gasteiger charge is -2.24. The molecule has 1 N–H and O–H groups in total. The summed E-state index contributed by atoms with van der Waals surface area (Å²) in [7, 11) is 6.22. The minimum atomic E-state index is -0.400. The Morgan fingerprint density at radius 2 is 1.67 bits per heavy atom.